The highest BCUT2D eigenvalue weighted by Gasteiger charge is 2.36. The Hall–Kier alpha value is -0.870. The fraction of sp³-hybridized carbons (Fsp3) is 0.786. The summed E-state index contributed by atoms with van der Waals surface area (Å²) in [6.45, 7) is 9.50. The zero-order valence-electron chi connectivity index (χ0n) is 11.8. The molecule has 2 rings (SSSR count). The van der Waals surface area contributed by atoms with Gasteiger partial charge in [0, 0.05) is 30.9 Å². The molecule has 0 aliphatic carbocycles. The Kier molecular flexibility index (Phi) is 4.07. The molecule has 0 amide bonds. The first-order chi connectivity index (χ1) is 8.55. The predicted octanol–water partition coefficient (Wildman–Crippen LogP) is 1.68. The van der Waals surface area contributed by atoms with Crippen molar-refractivity contribution >= 4 is 0 Å². The van der Waals surface area contributed by atoms with Gasteiger partial charge in [-0.15, -0.1) is 0 Å². The van der Waals surface area contributed by atoms with Crippen molar-refractivity contribution in [3.8, 4) is 0 Å². The second-order valence-electron chi connectivity index (χ2n) is 5.70. The lowest BCUT2D eigenvalue weighted by molar-refractivity contribution is 0.00187. The van der Waals surface area contributed by atoms with Gasteiger partial charge in [-0.2, -0.15) is 0 Å². The molecule has 1 N–H and O–H groups in total. The second kappa shape index (κ2) is 5.41. The minimum Gasteiger partial charge on any atom is -0.391 e. The fourth-order valence-corrected chi connectivity index (χ4v) is 2.74. The lowest BCUT2D eigenvalue weighted by atomic mass is 9.92. The van der Waals surface area contributed by atoms with Crippen molar-refractivity contribution in [2.75, 3.05) is 13.1 Å². The summed E-state index contributed by atoms with van der Waals surface area (Å²) in [5, 5.41) is 10.5. The van der Waals surface area contributed by atoms with Crippen molar-refractivity contribution in [3.63, 3.8) is 0 Å². The molecule has 1 aromatic heterocycles. The molecular formula is C14H25N3O. The van der Waals surface area contributed by atoms with E-state index in [0.29, 0.717) is 6.42 Å². The summed E-state index contributed by atoms with van der Waals surface area (Å²) in [4.78, 5) is 6.75. The Bertz CT molecular complexity index is 380. The van der Waals surface area contributed by atoms with Crippen LogP contribution < -0.4 is 0 Å². The van der Waals surface area contributed by atoms with Crippen molar-refractivity contribution in [1.82, 2.24) is 14.5 Å². The Morgan fingerprint density at radius 2 is 2.06 bits per heavy atom. The third-order valence-corrected chi connectivity index (χ3v) is 4.25. The van der Waals surface area contributed by atoms with E-state index in [1.54, 1.807) is 0 Å². The lowest BCUT2D eigenvalue weighted by Crippen LogP contribution is -2.52. The Balaban J connectivity index is 2.04. The van der Waals surface area contributed by atoms with Gasteiger partial charge >= 0.3 is 0 Å². The van der Waals surface area contributed by atoms with E-state index in [9.17, 15) is 5.11 Å². The Morgan fingerprint density at radius 1 is 1.39 bits per heavy atom. The van der Waals surface area contributed by atoms with Gasteiger partial charge in [-0.05, 0) is 46.7 Å². The van der Waals surface area contributed by atoms with Gasteiger partial charge in [-0.3, -0.25) is 4.90 Å². The van der Waals surface area contributed by atoms with Crippen LogP contribution in [0.25, 0.3) is 0 Å². The van der Waals surface area contributed by atoms with Crippen molar-refractivity contribution < 1.29 is 5.11 Å². The van der Waals surface area contributed by atoms with Crippen LogP contribution >= 0.6 is 0 Å². The molecule has 0 bridgehead atoms. The van der Waals surface area contributed by atoms with Crippen LogP contribution in [0.3, 0.4) is 0 Å². The molecule has 4 heteroatoms. The van der Waals surface area contributed by atoms with Crippen LogP contribution in [0.4, 0.5) is 0 Å². The molecule has 1 saturated heterocycles. The molecule has 1 aromatic rings. The average Bonchev–Trinajstić information content (AvgIpc) is 2.99. The molecule has 1 aliphatic heterocycles. The zero-order valence-corrected chi connectivity index (χ0v) is 11.8. The minimum absolute atomic E-state index is 0.166. The predicted molar refractivity (Wildman–Crippen MR) is 72.5 cm³/mol. The van der Waals surface area contributed by atoms with Gasteiger partial charge in [-0.1, -0.05) is 0 Å². The zero-order chi connectivity index (χ0) is 13.2. The Labute approximate surface area is 110 Å². The highest BCUT2D eigenvalue weighted by molar-refractivity contribution is 5.00. The number of nitrogens with zero attached hydrogens (tertiary/aromatic N) is 3. The van der Waals surface area contributed by atoms with Crippen LogP contribution in [0.5, 0.6) is 0 Å². The van der Waals surface area contributed by atoms with Crippen LogP contribution in [0, 0.1) is 0 Å². The number of aromatic nitrogens is 2. The topological polar surface area (TPSA) is 41.3 Å². The molecule has 102 valence electrons. The van der Waals surface area contributed by atoms with E-state index in [-0.39, 0.29) is 11.6 Å². The first-order valence-electron chi connectivity index (χ1n) is 6.99. The van der Waals surface area contributed by atoms with E-state index in [0.717, 1.165) is 25.5 Å². The number of imidazole rings is 1. The summed E-state index contributed by atoms with van der Waals surface area (Å²) in [5.41, 5.74) is -0.166. The summed E-state index contributed by atoms with van der Waals surface area (Å²) in [6, 6.07) is 0. The quantitative estimate of drug-likeness (QED) is 0.865. The molecule has 0 spiro atoms. The van der Waals surface area contributed by atoms with Crippen LogP contribution in [0.15, 0.2) is 12.4 Å². The van der Waals surface area contributed by atoms with E-state index in [2.05, 4.69) is 35.2 Å². The molecule has 1 aliphatic rings. The highest BCUT2D eigenvalue weighted by atomic mass is 16.3. The molecule has 1 fully saturated rings. The molecule has 0 aromatic carbocycles. The second-order valence-corrected chi connectivity index (χ2v) is 5.70. The van der Waals surface area contributed by atoms with Crippen molar-refractivity contribution in [1.29, 1.82) is 0 Å². The van der Waals surface area contributed by atoms with Gasteiger partial charge in [0.25, 0.3) is 0 Å². The van der Waals surface area contributed by atoms with Gasteiger partial charge in [0.1, 0.15) is 5.82 Å². The molecule has 0 radical (unpaired) electrons. The largest absolute Gasteiger partial charge is 0.391 e. The smallest absolute Gasteiger partial charge is 0.111 e. The van der Waals surface area contributed by atoms with Crippen LogP contribution in [0.2, 0.25) is 0 Å². The van der Waals surface area contributed by atoms with Crippen molar-refractivity contribution in [2.24, 2.45) is 0 Å². The number of hydrogen-bond acceptors (Lipinski definition) is 3. The number of aliphatic hydroxyl groups is 1. The molecule has 1 atom stereocenters. The summed E-state index contributed by atoms with van der Waals surface area (Å²) < 4.78 is 2.10. The maximum Gasteiger partial charge on any atom is 0.111 e. The molecule has 0 saturated carbocycles. The summed E-state index contributed by atoms with van der Waals surface area (Å²) in [6.07, 6.45) is 6.55. The van der Waals surface area contributed by atoms with Gasteiger partial charge < -0.3 is 9.67 Å². The van der Waals surface area contributed by atoms with Gasteiger partial charge in [-0.25, -0.2) is 4.98 Å². The summed E-state index contributed by atoms with van der Waals surface area (Å²) >= 11 is 0. The van der Waals surface area contributed by atoms with E-state index >= 15 is 0 Å². The first-order valence-corrected chi connectivity index (χ1v) is 6.99. The fourth-order valence-electron chi connectivity index (χ4n) is 2.74. The minimum atomic E-state index is -0.372. The first kappa shape index (κ1) is 13.6. The normalized spacial score (nSPS) is 19.3. The van der Waals surface area contributed by atoms with E-state index < -0.39 is 0 Å². The number of rotatable bonds is 5. The monoisotopic (exact) mass is 251 g/mol. The highest BCUT2D eigenvalue weighted by Crippen LogP contribution is 2.25. The lowest BCUT2D eigenvalue weighted by Gasteiger charge is -2.39. The Morgan fingerprint density at radius 3 is 2.67 bits per heavy atom. The van der Waals surface area contributed by atoms with Crippen LogP contribution in [-0.2, 0) is 13.0 Å². The molecule has 2 heterocycles. The third kappa shape index (κ3) is 2.59. The SMILES string of the molecule is CCn1ccnc1CC(O)C(C)(C)N1CCCC1. The van der Waals surface area contributed by atoms with Gasteiger partial charge in [0.05, 0.1) is 6.10 Å². The summed E-state index contributed by atoms with van der Waals surface area (Å²) in [7, 11) is 0. The molecule has 18 heavy (non-hydrogen) atoms. The number of aliphatic hydroxyl groups excluding tert-OH is 1. The molecular weight excluding hydrogens is 226 g/mol. The third-order valence-electron chi connectivity index (χ3n) is 4.25. The van der Waals surface area contributed by atoms with E-state index in [1.807, 2.05) is 12.4 Å². The summed E-state index contributed by atoms with van der Waals surface area (Å²) in [5.74, 6) is 0.984. The maximum atomic E-state index is 10.5. The van der Waals surface area contributed by atoms with E-state index in [4.69, 9.17) is 0 Å². The maximum absolute atomic E-state index is 10.5. The average molecular weight is 251 g/mol. The standard InChI is InChI=1S/C14H25N3O/c1-4-16-10-7-15-13(16)11-12(18)14(2,3)17-8-5-6-9-17/h7,10,12,18H,4-6,8-9,11H2,1-3H3. The molecule has 4 nitrogen and oxygen atoms in total. The number of aryl methyl sites for hydroxylation is 1. The number of likely N-dealkylation sites (tertiary alicyclic amines) is 1. The van der Waals surface area contributed by atoms with Crippen molar-refractivity contribution in [2.45, 2.75) is 58.2 Å². The number of hydrogen-bond donors (Lipinski definition) is 1. The molecule has 1 unspecified atom stereocenters. The van der Waals surface area contributed by atoms with Crippen LogP contribution in [-0.4, -0.2) is 44.3 Å². The van der Waals surface area contributed by atoms with E-state index in [1.165, 1.54) is 12.8 Å². The van der Waals surface area contributed by atoms with Gasteiger partial charge in [0.15, 0.2) is 0 Å². The van der Waals surface area contributed by atoms with Gasteiger partial charge in [0.2, 0.25) is 0 Å². The van der Waals surface area contributed by atoms with Crippen LogP contribution in [0.1, 0.15) is 39.4 Å². The van der Waals surface area contributed by atoms with Crippen molar-refractivity contribution in [3.05, 3.63) is 18.2 Å².